The zero-order chi connectivity index (χ0) is 22.9. The number of aryl methyl sites for hydroxylation is 1. The molecule has 1 aromatic carbocycles. The van der Waals surface area contributed by atoms with Crippen molar-refractivity contribution in [3.63, 3.8) is 0 Å². The summed E-state index contributed by atoms with van der Waals surface area (Å²) in [6.45, 7) is 1.97. The zero-order valence-corrected chi connectivity index (χ0v) is 17.7. The second-order valence-electron chi connectivity index (χ2n) is 8.79. The van der Waals surface area contributed by atoms with E-state index in [1.54, 1.807) is 6.20 Å². The molecule has 3 aliphatic rings. The van der Waals surface area contributed by atoms with Crippen molar-refractivity contribution in [3.05, 3.63) is 71.7 Å². The number of amides is 1. The topological polar surface area (TPSA) is 62.0 Å². The monoisotopic (exact) mass is 451 g/mol. The Morgan fingerprint density at radius 3 is 2.27 bits per heavy atom. The lowest BCUT2D eigenvalue weighted by molar-refractivity contribution is -0.138. The molecule has 6 nitrogen and oxygen atoms in total. The van der Waals surface area contributed by atoms with E-state index in [0.717, 1.165) is 42.1 Å². The van der Waals surface area contributed by atoms with E-state index in [0.29, 0.717) is 11.5 Å². The Bertz CT molecular complexity index is 1210. The van der Waals surface area contributed by atoms with Gasteiger partial charge in [-0.05, 0) is 43.5 Å². The van der Waals surface area contributed by atoms with Gasteiger partial charge in [0.25, 0.3) is 5.91 Å². The fraction of sp³-hybridized carbons (Fsp3) is 0.333. The largest absolute Gasteiger partial charge is 0.419 e. The highest BCUT2D eigenvalue weighted by Crippen LogP contribution is 2.54. The highest BCUT2D eigenvalue weighted by atomic mass is 19.4. The van der Waals surface area contributed by atoms with Crippen LogP contribution in [0, 0.1) is 6.92 Å². The van der Waals surface area contributed by atoms with Crippen molar-refractivity contribution in [2.75, 3.05) is 4.90 Å². The van der Waals surface area contributed by atoms with Crippen LogP contribution < -0.4 is 4.90 Å². The summed E-state index contributed by atoms with van der Waals surface area (Å²) >= 11 is 0. The van der Waals surface area contributed by atoms with Crippen LogP contribution >= 0.6 is 0 Å². The van der Waals surface area contributed by atoms with Crippen molar-refractivity contribution >= 4 is 11.9 Å². The lowest BCUT2D eigenvalue weighted by Gasteiger charge is -2.29. The molecule has 3 aromatic rings. The van der Waals surface area contributed by atoms with Crippen molar-refractivity contribution in [1.82, 2.24) is 19.9 Å². The Hall–Kier alpha value is -3.49. The average Bonchev–Trinajstić information content (AvgIpc) is 3.32. The second kappa shape index (κ2) is 7.00. The molecule has 0 spiro atoms. The normalized spacial score (nSPS) is 25.3. The van der Waals surface area contributed by atoms with Crippen LogP contribution in [0.4, 0.5) is 19.1 Å². The molecule has 168 valence electrons. The Morgan fingerprint density at radius 2 is 1.67 bits per heavy atom. The summed E-state index contributed by atoms with van der Waals surface area (Å²) in [5, 5.41) is 0. The number of benzene rings is 1. The van der Waals surface area contributed by atoms with Crippen LogP contribution in [-0.2, 0) is 6.18 Å². The third-order valence-electron chi connectivity index (χ3n) is 7.02. The SMILES string of the molecule is Cc1cccc(C(=O)N2C3CCC2C2C3N2c2ncc(C(F)(F)F)cn2)c1-c1ccccn1. The van der Waals surface area contributed by atoms with Gasteiger partial charge in [0.05, 0.1) is 35.4 Å². The molecular formula is C24H20F3N5O. The van der Waals surface area contributed by atoms with Crippen LogP contribution in [0.25, 0.3) is 11.3 Å². The number of anilines is 1. The van der Waals surface area contributed by atoms with E-state index in [9.17, 15) is 18.0 Å². The molecule has 3 aliphatic heterocycles. The van der Waals surface area contributed by atoms with Crippen LogP contribution in [0.1, 0.15) is 34.3 Å². The van der Waals surface area contributed by atoms with Gasteiger partial charge in [0.2, 0.25) is 5.95 Å². The molecular weight excluding hydrogens is 431 g/mol. The van der Waals surface area contributed by atoms with Crippen LogP contribution in [0.2, 0.25) is 0 Å². The first-order valence-corrected chi connectivity index (χ1v) is 10.9. The van der Waals surface area contributed by atoms with Gasteiger partial charge >= 0.3 is 6.18 Å². The van der Waals surface area contributed by atoms with Gasteiger partial charge in [0.1, 0.15) is 0 Å². The first kappa shape index (κ1) is 20.1. The summed E-state index contributed by atoms with van der Waals surface area (Å²) in [5.74, 6) is 0.277. The van der Waals surface area contributed by atoms with E-state index in [1.165, 1.54) is 0 Å². The van der Waals surface area contributed by atoms with Crippen molar-refractivity contribution in [2.24, 2.45) is 0 Å². The second-order valence-corrected chi connectivity index (χ2v) is 8.79. The predicted octanol–water partition coefficient (Wildman–Crippen LogP) is 4.11. The average molecular weight is 451 g/mol. The van der Waals surface area contributed by atoms with Gasteiger partial charge in [-0.2, -0.15) is 13.2 Å². The smallest absolute Gasteiger partial charge is 0.328 e. The molecule has 3 saturated heterocycles. The van der Waals surface area contributed by atoms with E-state index < -0.39 is 11.7 Å². The number of aromatic nitrogens is 3. The van der Waals surface area contributed by atoms with Crippen LogP contribution in [0.15, 0.2) is 55.0 Å². The Morgan fingerprint density at radius 1 is 0.970 bits per heavy atom. The predicted molar refractivity (Wildman–Crippen MR) is 114 cm³/mol. The Labute approximate surface area is 188 Å². The van der Waals surface area contributed by atoms with Gasteiger partial charge in [0, 0.05) is 29.7 Å². The van der Waals surface area contributed by atoms with Crippen molar-refractivity contribution < 1.29 is 18.0 Å². The highest BCUT2D eigenvalue weighted by Gasteiger charge is 2.70. The molecule has 33 heavy (non-hydrogen) atoms. The fourth-order valence-electron chi connectivity index (χ4n) is 5.64. The number of alkyl halides is 3. The number of rotatable bonds is 3. The summed E-state index contributed by atoms with van der Waals surface area (Å²) in [6, 6.07) is 11.4. The molecule has 0 aliphatic carbocycles. The van der Waals surface area contributed by atoms with E-state index in [1.807, 2.05) is 53.1 Å². The number of carbonyl (C=O) groups is 1. The number of carbonyl (C=O) groups excluding carboxylic acids is 1. The molecule has 6 rings (SSSR count). The summed E-state index contributed by atoms with van der Waals surface area (Å²) < 4.78 is 38.5. The number of halogens is 3. The number of hydrogen-bond acceptors (Lipinski definition) is 5. The van der Waals surface area contributed by atoms with E-state index in [2.05, 4.69) is 15.0 Å². The molecule has 0 radical (unpaired) electrons. The van der Waals surface area contributed by atoms with Crippen LogP contribution in [0.3, 0.4) is 0 Å². The summed E-state index contributed by atoms with van der Waals surface area (Å²) in [5.41, 5.74) is 2.35. The standard InChI is InChI=1S/C24H20F3N5O/c1-13-5-4-6-15(19(13)16-7-2-3-10-28-16)22(33)31-17-8-9-18(31)21-20(17)32(21)23-29-11-14(12-30-23)24(25,26)27/h2-7,10-12,17-18,20-21H,8-9H2,1H3. The van der Waals surface area contributed by atoms with Gasteiger partial charge < -0.3 is 9.80 Å². The number of fused-ring (bicyclic) bond motifs is 5. The third kappa shape index (κ3) is 3.02. The van der Waals surface area contributed by atoms with E-state index in [4.69, 9.17) is 0 Å². The quantitative estimate of drug-likeness (QED) is 0.561. The molecule has 2 bridgehead atoms. The number of piperazine rings is 1. The minimum atomic E-state index is -4.46. The third-order valence-corrected chi connectivity index (χ3v) is 7.02. The van der Waals surface area contributed by atoms with E-state index in [-0.39, 0.29) is 30.1 Å². The van der Waals surface area contributed by atoms with Gasteiger partial charge in [-0.1, -0.05) is 18.2 Å². The van der Waals surface area contributed by atoms with Crippen LogP contribution in [-0.4, -0.2) is 49.9 Å². The first-order valence-electron chi connectivity index (χ1n) is 10.9. The van der Waals surface area contributed by atoms with Crippen molar-refractivity contribution in [3.8, 4) is 11.3 Å². The van der Waals surface area contributed by atoms with Gasteiger partial charge in [-0.15, -0.1) is 0 Å². The van der Waals surface area contributed by atoms with Gasteiger partial charge in [-0.25, -0.2) is 9.97 Å². The maximum absolute atomic E-state index is 13.7. The number of hydrogen-bond donors (Lipinski definition) is 0. The van der Waals surface area contributed by atoms with Crippen LogP contribution in [0.5, 0.6) is 0 Å². The summed E-state index contributed by atoms with van der Waals surface area (Å²) in [4.78, 5) is 30.1. The fourth-order valence-corrected chi connectivity index (χ4v) is 5.64. The molecule has 9 heteroatoms. The summed E-state index contributed by atoms with van der Waals surface area (Å²) in [7, 11) is 0. The minimum absolute atomic E-state index is 0.00418. The van der Waals surface area contributed by atoms with Gasteiger partial charge in [0.15, 0.2) is 0 Å². The summed E-state index contributed by atoms with van der Waals surface area (Å²) in [6.07, 6.45) is 0.625. The lowest BCUT2D eigenvalue weighted by Crippen LogP contribution is -2.43. The molecule has 0 saturated carbocycles. The number of nitrogens with zero attached hydrogens (tertiary/aromatic N) is 5. The van der Waals surface area contributed by atoms with Crippen molar-refractivity contribution in [1.29, 1.82) is 0 Å². The molecule has 4 unspecified atom stereocenters. The van der Waals surface area contributed by atoms with Crippen molar-refractivity contribution in [2.45, 2.75) is 50.1 Å². The lowest BCUT2D eigenvalue weighted by atomic mass is 9.97. The molecule has 5 heterocycles. The maximum Gasteiger partial charge on any atom is 0.419 e. The number of pyridine rings is 1. The zero-order valence-electron chi connectivity index (χ0n) is 17.7. The maximum atomic E-state index is 13.7. The molecule has 2 aromatic heterocycles. The van der Waals surface area contributed by atoms with E-state index >= 15 is 0 Å². The van der Waals surface area contributed by atoms with Gasteiger partial charge in [-0.3, -0.25) is 9.78 Å². The molecule has 0 N–H and O–H groups in total. The first-order chi connectivity index (χ1) is 15.9. The molecule has 3 fully saturated rings. The Kier molecular flexibility index (Phi) is 4.27. The Balaban J connectivity index is 1.28. The molecule has 4 atom stereocenters. The highest BCUT2D eigenvalue weighted by molar-refractivity contribution is 6.02. The minimum Gasteiger partial charge on any atom is -0.328 e. The molecule has 1 amide bonds.